The monoisotopic (exact) mass is 746 g/mol. The molecule has 2 aliphatic heterocycles. The molecule has 0 spiro atoms. The summed E-state index contributed by atoms with van der Waals surface area (Å²) < 4.78 is 78.1. The van der Waals surface area contributed by atoms with E-state index >= 15 is 4.39 Å². The third-order valence-electron chi connectivity index (χ3n) is 8.86. The van der Waals surface area contributed by atoms with Crippen molar-refractivity contribution in [2.24, 2.45) is 5.92 Å². The van der Waals surface area contributed by atoms with Crippen molar-refractivity contribution in [1.82, 2.24) is 24.8 Å². The van der Waals surface area contributed by atoms with Crippen LogP contribution in [0.3, 0.4) is 0 Å². The summed E-state index contributed by atoms with van der Waals surface area (Å²) >= 11 is 6.82. The zero-order chi connectivity index (χ0) is 37.7. The zero-order valence-corrected chi connectivity index (χ0v) is 30.2. The number of nitrogens with one attached hydrogen (secondary N) is 1. The number of carbonyl (C=O) groups is 1. The number of halogens is 5. The second kappa shape index (κ2) is 14.0. The molecule has 1 amide bonds. The van der Waals surface area contributed by atoms with Gasteiger partial charge in [-0.25, -0.2) is 19.2 Å². The number of hydrogen-bond acceptors (Lipinski definition) is 11. The van der Waals surface area contributed by atoms with Gasteiger partial charge in [0.25, 0.3) is 0 Å². The molecular formula is C35H39ClF4N8O4. The van der Waals surface area contributed by atoms with Crippen molar-refractivity contribution in [1.29, 1.82) is 0 Å². The fourth-order valence-electron chi connectivity index (χ4n) is 6.60. The number of benzene rings is 1. The van der Waals surface area contributed by atoms with Crippen molar-refractivity contribution in [2.75, 3.05) is 55.8 Å². The number of amides is 1. The molecule has 52 heavy (non-hydrogen) atoms. The first-order chi connectivity index (χ1) is 24.4. The van der Waals surface area contributed by atoms with Crippen LogP contribution < -0.4 is 25.4 Å². The lowest BCUT2D eigenvalue weighted by Crippen LogP contribution is -2.32. The highest BCUT2D eigenvalue weighted by Crippen LogP contribution is 2.51. The SMILES string of the molecule is Cc1cc(N)nc(-c2c(Cl)c3c4c(nc(OCC5CCN(C)C5)nc4c2F)N([C@H](C)c2cccnc2NC(=O)OC(C)(C)C)CCO3)c1C(F)(F)F. The van der Waals surface area contributed by atoms with Crippen molar-refractivity contribution in [3.05, 3.63) is 51.9 Å². The molecule has 17 heteroatoms. The highest BCUT2D eigenvalue weighted by molar-refractivity contribution is 6.36. The van der Waals surface area contributed by atoms with E-state index in [1.54, 1.807) is 37.8 Å². The highest BCUT2D eigenvalue weighted by atomic mass is 35.5. The number of carbonyl (C=O) groups excluding carboxylic acids is 1. The van der Waals surface area contributed by atoms with Crippen LogP contribution >= 0.6 is 11.6 Å². The maximum absolute atomic E-state index is 17.0. The van der Waals surface area contributed by atoms with Crippen LogP contribution in [0.5, 0.6) is 11.8 Å². The maximum atomic E-state index is 17.0. The molecule has 1 fully saturated rings. The normalized spacial score (nSPS) is 17.1. The molecule has 1 unspecified atom stereocenters. The molecule has 5 heterocycles. The number of hydrogen-bond donors (Lipinski definition) is 2. The Morgan fingerprint density at radius 3 is 2.63 bits per heavy atom. The quantitative estimate of drug-likeness (QED) is 0.183. The minimum atomic E-state index is -4.93. The number of likely N-dealkylation sites (tertiary alicyclic amines) is 1. The molecule has 4 aromatic rings. The fraction of sp³-hybridized carbons (Fsp3) is 0.457. The van der Waals surface area contributed by atoms with Gasteiger partial charge in [0.2, 0.25) is 0 Å². The maximum Gasteiger partial charge on any atom is 0.418 e. The van der Waals surface area contributed by atoms with Gasteiger partial charge in [0.15, 0.2) is 11.6 Å². The van der Waals surface area contributed by atoms with Gasteiger partial charge in [-0.15, -0.1) is 0 Å². The Labute approximate surface area is 302 Å². The molecule has 1 saturated heterocycles. The van der Waals surface area contributed by atoms with Crippen molar-refractivity contribution in [2.45, 2.75) is 58.9 Å². The molecule has 0 saturated carbocycles. The van der Waals surface area contributed by atoms with Crippen LogP contribution in [0.25, 0.3) is 22.2 Å². The third-order valence-corrected chi connectivity index (χ3v) is 9.22. The van der Waals surface area contributed by atoms with Crippen molar-refractivity contribution in [3.63, 3.8) is 0 Å². The molecule has 12 nitrogen and oxygen atoms in total. The summed E-state index contributed by atoms with van der Waals surface area (Å²) in [5.74, 6) is -1.07. The van der Waals surface area contributed by atoms with Gasteiger partial charge in [0.05, 0.1) is 46.4 Å². The largest absolute Gasteiger partial charge is 0.489 e. The second-order valence-electron chi connectivity index (χ2n) is 14.0. The van der Waals surface area contributed by atoms with Crippen LogP contribution in [0.2, 0.25) is 5.02 Å². The van der Waals surface area contributed by atoms with Gasteiger partial charge in [0.1, 0.15) is 35.2 Å². The Morgan fingerprint density at radius 2 is 1.96 bits per heavy atom. The lowest BCUT2D eigenvalue weighted by atomic mass is 9.98. The average Bonchev–Trinajstić information content (AvgIpc) is 3.36. The van der Waals surface area contributed by atoms with Gasteiger partial charge in [-0.05, 0) is 72.3 Å². The van der Waals surface area contributed by atoms with Gasteiger partial charge in [-0.3, -0.25) is 5.32 Å². The lowest BCUT2D eigenvalue weighted by Gasteiger charge is -2.31. The Hall–Kier alpha value is -4.70. The second-order valence-corrected chi connectivity index (χ2v) is 14.4. The van der Waals surface area contributed by atoms with E-state index in [0.29, 0.717) is 5.56 Å². The van der Waals surface area contributed by atoms with Crippen LogP contribution in [0.1, 0.15) is 56.8 Å². The highest BCUT2D eigenvalue weighted by Gasteiger charge is 2.40. The first kappa shape index (κ1) is 37.1. The molecule has 278 valence electrons. The third kappa shape index (κ3) is 7.44. The molecule has 0 radical (unpaired) electrons. The molecule has 3 N–H and O–H groups in total. The van der Waals surface area contributed by atoms with Gasteiger partial charge in [-0.2, -0.15) is 23.1 Å². The molecule has 0 aliphatic carbocycles. The summed E-state index contributed by atoms with van der Waals surface area (Å²) in [5.41, 5.74) is 2.37. The van der Waals surface area contributed by atoms with Gasteiger partial charge < -0.3 is 29.7 Å². The molecular weight excluding hydrogens is 708 g/mol. The van der Waals surface area contributed by atoms with Crippen LogP contribution in [0.15, 0.2) is 24.4 Å². The van der Waals surface area contributed by atoms with E-state index in [4.69, 9.17) is 36.5 Å². The smallest absolute Gasteiger partial charge is 0.418 e. The number of anilines is 3. The number of rotatable bonds is 7. The number of nitrogen functional groups attached to an aromatic ring is 1. The Balaban J connectivity index is 1.54. The summed E-state index contributed by atoms with van der Waals surface area (Å²) in [6, 6.07) is 3.71. The Morgan fingerprint density at radius 1 is 1.21 bits per heavy atom. The number of alkyl halides is 3. The van der Waals surface area contributed by atoms with Crippen molar-refractivity contribution >= 4 is 46.1 Å². The first-order valence-corrected chi connectivity index (χ1v) is 17.0. The van der Waals surface area contributed by atoms with E-state index in [9.17, 15) is 18.0 Å². The van der Waals surface area contributed by atoms with E-state index in [2.05, 4.69) is 25.2 Å². The van der Waals surface area contributed by atoms with E-state index in [1.807, 2.05) is 14.0 Å². The van der Waals surface area contributed by atoms with Crippen LogP contribution in [0, 0.1) is 18.7 Å². The number of ether oxygens (including phenoxy) is 3. The van der Waals surface area contributed by atoms with Crippen LogP contribution in [-0.2, 0) is 10.9 Å². The average molecular weight is 747 g/mol. The molecule has 2 aliphatic rings. The first-order valence-electron chi connectivity index (χ1n) is 16.7. The zero-order valence-electron chi connectivity index (χ0n) is 29.5. The van der Waals surface area contributed by atoms with Crippen molar-refractivity contribution in [3.8, 4) is 23.0 Å². The van der Waals surface area contributed by atoms with Crippen molar-refractivity contribution < 1.29 is 36.6 Å². The number of aromatic nitrogens is 4. The number of pyridine rings is 2. The molecule has 0 bridgehead atoms. The summed E-state index contributed by atoms with van der Waals surface area (Å²) in [4.78, 5) is 34.1. The van der Waals surface area contributed by atoms with Crippen LogP contribution in [-0.4, -0.2) is 76.4 Å². The summed E-state index contributed by atoms with van der Waals surface area (Å²) in [6.07, 6.45) is -3.27. The van der Waals surface area contributed by atoms with Gasteiger partial charge in [-0.1, -0.05) is 17.7 Å². The predicted octanol–water partition coefficient (Wildman–Crippen LogP) is 7.43. The summed E-state index contributed by atoms with van der Waals surface area (Å²) in [7, 11) is 1.99. The van der Waals surface area contributed by atoms with Crippen LogP contribution in [0.4, 0.5) is 39.8 Å². The van der Waals surface area contributed by atoms with E-state index in [1.165, 1.54) is 13.1 Å². The fourth-order valence-corrected chi connectivity index (χ4v) is 6.92. The minimum absolute atomic E-state index is 0.0169. The summed E-state index contributed by atoms with van der Waals surface area (Å²) in [6.45, 7) is 10.2. The van der Waals surface area contributed by atoms with E-state index < -0.39 is 51.6 Å². The van der Waals surface area contributed by atoms with E-state index in [0.717, 1.165) is 25.6 Å². The van der Waals surface area contributed by atoms with Gasteiger partial charge >= 0.3 is 18.3 Å². The Kier molecular flexibility index (Phi) is 10.00. The summed E-state index contributed by atoms with van der Waals surface area (Å²) in [5, 5.41) is 2.26. The molecule has 1 aromatic carbocycles. The number of nitrogens with zero attached hydrogens (tertiary/aromatic N) is 6. The minimum Gasteiger partial charge on any atom is -0.489 e. The number of nitrogens with two attached hydrogens (primary N) is 1. The molecule has 6 rings (SSSR count). The van der Waals surface area contributed by atoms with E-state index in [-0.39, 0.29) is 71.4 Å². The topological polar surface area (TPSA) is 141 Å². The molecule has 2 atom stereocenters. The Bertz CT molecular complexity index is 2030. The number of aryl methyl sites for hydroxylation is 1. The molecule has 3 aromatic heterocycles. The van der Waals surface area contributed by atoms with Gasteiger partial charge in [0, 0.05) is 24.2 Å². The standard InChI is InChI=1S/C35H39ClF4N8O4/c1-17-14-21(41)43-27(24(17)35(38,39)40)22-25(36)29-23-28(26(22)37)44-32(51-16-19-9-11-47(6)15-19)46-31(23)48(12-13-50-29)18(2)20-8-7-10-42-30(20)45-33(49)52-34(3,4)5/h7-8,10,14,18-19H,9,11-13,15-16H2,1-6H3,(H2,41,43)(H,42,45,49)/t18-,19?/m1/s1. The predicted molar refractivity (Wildman–Crippen MR) is 188 cm³/mol. The lowest BCUT2D eigenvalue weighted by molar-refractivity contribution is -0.137.